The number of aromatic amines is 1. The Morgan fingerprint density at radius 1 is 0.923 bits per heavy atom. The van der Waals surface area contributed by atoms with Gasteiger partial charge < -0.3 is 16.5 Å². The van der Waals surface area contributed by atoms with Crippen LogP contribution >= 0.6 is 24.8 Å². The van der Waals surface area contributed by atoms with E-state index < -0.39 is 0 Å². The average Bonchev–Trinajstić information content (AvgIpc) is 2.45. The third-order valence-corrected chi connectivity index (χ3v) is 1.79. The van der Waals surface area contributed by atoms with Crippen molar-refractivity contribution in [1.82, 2.24) is 4.98 Å². The molecule has 1 aromatic heterocycles. The molecule has 0 unspecified atom stereocenters. The highest BCUT2D eigenvalue weighted by Gasteiger charge is 2.00. The zero-order chi connectivity index (χ0) is 7.84. The summed E-state index contributed by atoms with van der Waals surface area (Å²) in [6.45, 7) is 0. The van der Waals surface area contributed by atoms with Gasteiger partial charge in [0, 0.05) is 17.3 Å². The van der Waals surface area contributed by atoms with Crippen LogP contribution in [0.1, 0.15) is 0 Å². The molecule has 0 fully saturated rings. The fourth-order valence-electron chi connectivity index (χ4n) is 1.20. The van der Waals surface area contributed by atoms with E-state index in [0.717, 1.165) is 22.3 Å². The van der Waals surface area contributed by atoms with Gasteiger partial charge in [0.15, 0.2) is 0 Å². The fraction of sp³-hybridized carbons (Fsp3) is 0. The molecule has 0 atom stereocenters. The summed E-state index contributed by atoms with van der Waals surface area (Å²) in [5.41, 5.74) is 13.8. The molecular weight excluding hydrogens is 209 g/mol. The van der Waals surface area contributed by atoms with Crippen molar-refractivity contribution in [3.8, 4) is 0 Å². The van der Waals surface area contributed by atoms with E-state index >= 15 is 0 Å². The molecule has 13 heavy (non-hydrogen) atoms. The van der Waals surface area contributed by atoms with Gasteiger partial charge in [-0.3, -0.25) is 0 Å². The highest BCUT2D eigenvalue weighted by Crippen LogP contribution is 2.24. The Morgan fingerprint density at radius 2 is 1.54 bits per heavy atom. The number of anilines is 2. The number of halogens is 2. The molecule has 5 N–H and O–H groups in total. The number of benzene rings is 1. The smallest absolute Gasteiger partial charge is 0.0708 e. The van der Waals surface area contributed by atoms with E-state index in [1.165, 1.54) is 0 Å². The first-order valence-corrected chi connectivity index (χ1v) is 3.40. The van der Waals surface area contributed by atoms with Gasteiger partial charge in [-0.15, -0.1) is 24.8 Å². The number of nitrogens with one attached hydrogen (secondary N) is 1. The minimum atomic E-state index is 0. The number of aromatic nitrogens is 1. The fourth-order valence-corrected chi connectivity index (χ4v) is 1.20. The maximum absolute atomic E-state index is 5.69. The normalized spacial score (nSPS) is 8.92. The van der Waals surface area contributed by atoms with Crippen LogP contribution in [0.4, 0.5) is 11.4 Å². The summed E-state index contributed by atoms with van der Waals surface area (Å²) in [6, 6.07) is 5.53. The Bertz CT molecular complexity index is 361. The molecule has 0 aliphatic rings. The quantitative estimate of drug-likeness (QED) is 0.595. The Hall–Kier alpha value is -1.06. The Kier molecular flexibility index (Phi) is 3.91. The van der Waals surface area contributed by atoms with Crippen molar-refractivity contribution in [2.45, 2.75) is 0 Å². The lowest BCUT2D eigenvalue weighted by atomic mass is 10.2. The zero-order valence-corrected chi connectivity index (χ0v) is 8.41. The predicted octanol–water partition coefficient (Wildman–Crippen LogP) is 2.18. The highest BCUT2D eigenvalue weighted by atomic mass is 35.5. The molecule has 0 amide bonds. The molecule has 0 saturated heterocycles. The molecular formula is C8H11Cl2N3. The third kappa shape index (κ3) is 1.82. The van der Waals surface area contributed by atoms with Crippen LogP contribution in [0.5, 0.6) is 0 Å². The molecule has 0 spiro atoms. The van der Waals surface area contributed by atoms with Crippen molar-refractivity contribution >= 4 is 47.1 Å². The van der Waals surface area contributed by atoms with E-state index in [1.807, 2.05) is 18.3 Å². The van der Waals surface area contributed by atoms with Gasteiger partial charge in [0.05, 0.1) is 11.2 Å². The highest BCUT2D eigenvalue weighted by molar-refractivity contribution is 5.98. The van der Waals surface area contributed by atoms with Crippen molar-refractivity contribution < 1.29 is 0 Å². The topological polar surface area (TPSA) is 67.8 Å². The lowest BCUT2D eigenvalue weighted by Gasteiger charge is -1.98. The first-order chi connectivity index (χ1) is 5.29. The number of hydrogen-bond acceptors (Lipinski definition) is 2. The number of rotatable bonds is 0. The number of H-pyrrole nitrogens is 1. The molecule has 0 radical (unpaired) electrons. The summed E-state index contributed by atoms with van der Waals surface area (Å²) < 4.78 is 0. The Morgan fingerprint density at radius 3 is 2.15 bits per heavy atom. The maximum atomic E-state index is 5.69. The van der Waals surface area contributed by atoms with Crippen LogP contribution in [-0.4, -0.2) is 4.98 Å². The molecule has 1 aromatic carbocycles. The van der Waals surface area contributed by atoms with E-state index in [-0.39, 0.29) is 24.8 Å². The summed E-state index contributed by atoms with van der Waals surface area (Å²) in [6.07, 6.45) is 1.83. The first kappa shape index (κ1) is 11.9. The Labute approximate surface area is 88.3 Å². The second-order valence-corrected chi connectivity index (χ2v) is 2.51. The van der Waals surface area contributed by atoms with Gasteiger partial charge in [0.1, 0.15) is 0 Å². The minimum Gasteiger partial charge on any atom is -0.398 e. The van der Waals surface area contributed by atoms with E-state index in [1.54, 1.807) is 6.07 Å². The zero-order valence-electron chi connectivity index (χ0n) is 6.78. The molecule has 0 aliphatic carbocycles. The first-order valence-electron chi connectivity index (χ1n) is 3.40. The van der Waals surface area contributed by atoms with Crippen molar-refractivity contribution in [1.29, 1.82) is 0 Å². The monoisotopic (exact) mass is 219 g/mol. The summed E-state index contributed by atoms with van der Waals surface area (Å²) in [5.74, 6) is 0. The molecule has 5 heteroatoms. The molecule has 2 rings (SSSR count). The maximum Gasteiger partial charge on any atom is 0.0708 e. The van der Waals surface area contributed by atoms with Crippen LogP contribution in [0.3, 0.4) is 0 Å². The SMILES string of the molecule is Cl.Cl.Nc1ccc(N)c2[nH]ccc12. The number of hydrogen-bond donors (Lipinski definition) is 3. The number of fused-ring (bicyclic) bond motifs is 1. The average molecular weight is 220 g/mol. The lowest BCUT2D eigenvalue weighted by Crippen LogP contribution is -1.90. The van der Waals surface area contributed by atoms with Gasteiger partial charge in [-0.25, -0.2) is 0 Å². The minimum absolute atomic E-state index is 0. The molecule has 3 nitrogen and oxygen atoms in total. The second kappa shape index (κ2) is 4.25. The van der Waals surface area contributed by atoms with Crippen molar-refractivity contribution in [3.63, 3.8) is 0 Å². The molecule has 0 bridgehead atoms. The van der Waals surface area contributed by atoms with Crippen LogP contribution in [0.2, 0.25) is 0 Å². The van der Waals surface area contributed by atoms with E-state index in [2.05, 4.69) is 4.98 Å². The second-order valence-electron chi connectivity index (χ2n) is 2.51. The summed E-state index contributed by atoms with van der Waals surface area (Å²) >= 11 is 0. The Balaban J connectivity index is 0.000000720. The van der Waals surface area contributed by atoms with Crippen molar-refractivity contribution in [2.75, 3.05) is 11.5 Å². The largest absolute Gasteiger partial charge is 0.398 e. The van der Waals surface area contributed by atoms with Gasteiger partial charge >= 0.3 is 0 Å². The van der Waals surface area contributed by atoms with E-state index in [9.17, 15) is 0 Å². The summed E-state index contributed by atoms with van der Waals surface area (Å²) in [4.78, 5) is 3.02. The summed E-state index contributed by atoms with van der Waals surface area (Å²) in [7, 11) is 0. The third-order valence-electron chi connectivity index (χ3n) is 1.79. The molecule has 2 aromatic rings. The molecule has 72 valence electrons. The van der Waals surface area contributed by atoms with Crippen LogP contribution in [0.15, 0.2) is 24.4 Å². The standard InChI is InChI=1S/C8H9N3.2ClH/c9-6-1-2-7(10)8-5(6)3-4-11-8;;/h1-4,11H,9-10H2;2*1H. The van der Waals surface area contributed by atoms with Gasteiger partial charge in [0.2, 0.25) is 0 Å². The van der Waals surface area contributed by atoms with E-state index in [0.29, 0.717) is 0 Å². The van der Waals surface area contributed by atoms with Crippen molar-refractivity contribution in [3.05, 3.63) is 24.4 Å². The van der Waals surface area contributed by atoms with Crippen LogP contribution in [-0.2, 0) is 0 Å². The van der Waals surface area contributed by atoms with Crippen LogP contribution in [0.25, 0.3) is 10.9 Å². The predicted molar refractivity (Wildman–Crippen MR) is 61.6 cm³/mol. The van der Waals surface area contributed by atoms with Gasteiger partial charge in [-0.2, -0.15) is 0 Å². The molecule has 0 aliphatic heterocycles. The van der Waals surface area contributed by atoms with Gasteiger partial charge in [-0.05, 0) is 18.2 Å². The van der Waals surface area contributed by atoms with Gasteiger partial charge in [0.25, 0.3) is 0 Å². The summed E-state index contributed by atoms with van der Waals surface area (Å²) in [5, 5.41) is 0.991. The molecule has 0 saturated carbocycles. The lowest BCUT2D eigenvalue weighted by molar-refractivity contribution is 1.48. The number of nitrogens with two attached hydrogens (primary N) is 2. The van der Waals surface area contributed by atoms with Gasteiger partial charge in [-0.1, -0.05) is 0 Å². The van der Waals surface area contributed by atoms with Crippen LogP contribution < -0.4 is 11.5 Å². The number of nitrogen functional groups attached to an aromatic ring is 2. The van der Waals surface area contributed by atoms with Crippen molar-refractivity contribution in [2.24, 2.45) is 0 Å². The van der Waals surface area contributed by atoms with E-state index in [4.69, 9.17) is 11.5 Å². The van der Waals surface area contributed by atoms with Crippen LogP contribution in [0, 0.1) is 0 Å². The molecule has 1 heterocycles.